The van der Waals surface area contributed by atoms with Crippen molar-refractivity contribution in [3.8, 4) is 0 Å². The summed E-state index contributed by atoms with van der Waals surface area (Å²) in [6, 6.07) is 17.8. The fraction of sp³-hybridized carbons (Fsp3) is 0.261. The van der Waals surface area contributed by atoms with Crippen molar-refractivity contribution in [1.82, 2.24) is 4.31 Å². The number of sulfonamides is 1. The van der Waals surface area contributed by atoms with Gasteiger partial charge in [-0.25, -0.2) is 8.42 Å². The quantitative estimate of drug-likeness (QED) is 0.702. The summed E-state index contributed by atoms with van der Waals surface area (Å²) in [7, 11) is -3.76. The summed E-state index contributed by atoms with van der Waals surface area (Å²) in [4.78, 5) is 13.2. The summed E-state index contributed by atoms with van der Waals surface area (Å²) < 4.78 is 27.9. The standard InChI is InChI=1S/C23H24N2O3S/c1-16-9-12-21(17(2)14-16)24-23(26)22-8-5-13-25(22)29(27,28)20-11-10-18-6-3-4-7-19(18)15-20/h3-4,6-7,9-12,14-15,22H,5,8,13H2,1-2H3,(H,24,26)/t22-/m0/s1. The average Bonchev–Trinajstić information content (AvgIpc) is 3.20. The molecule has 0 radical (unpaired) electrons. The summed E-state index contributed by atoms with van der Waals surface area (Å²) >= 11 is 0. The molecule has 1 aliphatic rings. The van der Waals surface area contributed by atoms with Crippen LogP contribution in [0, 0.1) is 13.8 Å². The topological polar surface area (TPSA) is 66.5 Å². The molecule has 0 unspecified atom stereocenters. The number of nitrogens with one attached hydrogen (secondary N) is 1. The molecule has 5 nitrogen and oxygen atoms in total. The lowest BCUT2D eigenvalue weighted by Gasteiger charge is -2.24. The lowest BCUT2D eigenvalue weighted by molar-refractivity contribution is -0.119. The smallest absolute Gasteiger partial charge is 0.243 e. The number of rotatable bonds is 4. The minimum absolute atomic E-state index is 0.224. The SMILES string of the molecule is Cc1ccc(NC(=O)[C@@H]2CCCN2S(=O)(=O)c2ccc3ccccc3c2)c(C)c1. The van der Waals surface area contributed by atoms with Crippen LogP contribution in [0.1, 0.15) is 24.0 Å². The van der Waals surface area contributed by atoms with Crippen LogP contribution in [0.15, 0.2) is 65.6 Å². The zero-order chi connectivity index (χ0) is 20.6. The molecule has 0 aliphatic carbocycles. The Bertz CT molecular complexity index is 1190. The minimum atomic E-state index is -3.76. The van der Waals surface area contributed by atoms with Crippen LogP contribution in [0.5, 0.6) is 0 Å². The molecule has 0 aromatic heterocycles. The van der Waals surface area contributed by atoms with E-state index in [0.29, 0.717) is 19.4 Å². The van der Waals surface area contributed by atoms with Crippen molar-refractivity contribution in [2.45, 2.75) is 37.6 Å². The maximum atomic E-state index is 13.3. The predicted octanol–water partition coefficient (Wildman–Crippen LogP) is 4.25. The van der Waals surface area contributed by atoms with E-state index in [2.05, 4.69) is 5.32 Å². The number of nitrogens with zero attached hydrogens (tertiary/aromatic N) is 1. The van der Waals surface area contributed by atoms with E-state index in [1.807, 2.05) is 62.4 Å². The van der Waals surface area contributed by atoms with Gasteiger partial charge in [0.25, 0.3) is 0 Å². The second kappa shape index (κ2) is 7.61. The molecule has 6 heteroatoms. The normalized spacial score (nSPS) is 17.5. The molecule has 0 saturated carbocycles. The third-order valence-corrected chi connectivity index (χ3v) is 7.38. The van der Waals surface area contributed by atoms with Crippen LogP contribution < -0.4 is 5.32 Å². The van der Waals surface area contributed by atoms with Crippen LogP contribution in [0.25, 0.3) is 10.8 Å². The van der Waals surface area contributed by atoms with E-state index in [4.69, 9.17) is 0 Å². The van der Waals surface area contributed by atoms with Crippen LogP contribution in [0.4, 0.5) is 5.69 Å². The van der Waals surface area contributed by atoms with E-state index < -0.39 is 16.1 Å². The maximum absolute atomic E-state index is 13.3. The Kier molecular flexibility index (Phi) is 5.15. The van der Waals surface area contributed by atoms with Gasteiger partial charge in [-0.3, -0.25) is 4.79 Å². The summed E-state index contributed by atoms with van der Waals surface area (Å²) in [6.07, 6.45) is 1.18. The molecule has 1 N–H and O–H groups in total. The van der Waals surface area contributed by atoms with Gasteiger partial charge in [0.2, 0.25) is 15.9 Å². The molecule has 0 bridgehead atoms. The zero-order valence-corrected chi connectivity index (χ0v) is 17.4. The highest BCUT2D eigenvalue weighted by Gasteiger charge is 2.39. The van der Waals surface area contributed by atoms with E-state index >= 15 is 0 Å². The van der Waals surface area contributed by atoms with Gasteiger partial charge in [-0.1, -0.05) is 48.0 Å². The van der Waals surface area contributed by atoms with Crippen molar-refractivity contribution in [2.24, 2.45) is 0 Å². The number of carbonyl (C=O) groups is 1. The number of anilines is 1. The van der Waals surface area contributed by atoms with Crippen molar-refractivity contribution in [3.05, 3.63) is 71.8 Å². The molecule has 1 fully saturated rings. The highest BCUT2D eigenvalue weighted by Crippen LogP contribution is 2.29. The van der Waals surface area contributed by atoms with Gasteiger partial charge in [0.1, 0.15) is 6.04 Å². The Balaban J connectivity index is 1.61. The molecule has 4 rings (SSSR count). The average molecular weight is 409 g/mol. The van der Waals surface area contributed by atoms with Gasteiger partial charge in [0, 0.05) is 12.2 Å². The summed E-state index contributed by atoms with van der Waals surface area (Å²) in [5, 5.41) is 4.77. The Morgan fingerprint density at radius 3 is 2.52 bits per heavy atom. The highest BCUT2D eigenvalue weighted by molar-refractivity contribution is 7.89. The van der Waals surface area contributed by atoms with E-state index in [9.17, 15) is 13.2 Å². The largest absolute Gasteiger partial charge is 0.324 e. The molecule has 29 heavy (non-hydrogen) atoms. The van der Waals surface area contributed by atoms with Crippen molar-refractivity contribution >= 4 is 32.4 Å². The molecule has 1 amide bonds. The first kappa shape index (κ1) is 19.6. The maximum Gasteiger partial charge on any atom is 0.243 e. The molecule has 1 aliphatic heterocycles. The van der Waals surface area contributed by atoms with E-state index in [-0.39, 0.29) is 10.8 Å². The van der Waals surface area contributed by atoms with Crippen LogP contribution in [0.3, 0.4) is 0 Å². The highest BCUT2D eigenvalue weighted by atomic mass is 32.2. The van der Waals surface area contributed by atoms with Crippen LogP contribution in [0.2, 0.25) is 0 Å². The number of fused-ring (bicyclic) bond motifs is 1. The molecule has 150 valence electrons. The first-order chi connectivity index (χ1) is 13.9. The lowest BCUT2D eigenvalue weighted by atomic mass is 10.1. The van der Waals surface area contributed by atoms with Crippen LogP contribution in [-0.2, 0) is 14.8 Å². The summed E-state index contributed by atoms with van der Waals surface area (Å²) in [6.45, 7) is 4.27. The number of benzene rings is 3. The molecule has 3 aromatic carbocycles. The third-order valence-electron chi connectivity index (χ3n) is 5.47. The van der Waals surface area contributed by atoms with Gasteiger partial charge < -0.3 is 5.32 Å². The third kappa shape index (κ3) is 3.78. The van der Waals surface area contributed by atoms with Crippen molar-refractivity contribution in [2.75, 3.05) is 11.9 Å². The van der Waals surface area contributed by atoms with Crippen LogP contribution >= 0.6 is 0 Å². The molecular weight excluding hydrogens is 384 g/mol. The summed E-state index contributed by atoms with van der Waals surface area (Å²) in [5.74, 6) is -0.279. The number of hydrogen-bond donors (Lipinski definition) is 1. The number of amides is 1. The number of hydrogen-bond acceptors (Lipinski definition) is 3. The van der Waals surface area contributed by atoms with Gasteiger partial charge in [-0.2, -0.15) is 4.31 Å². The first-order valence-electron chi connectivity index (χ1n) is 9.75. The summed E-state index contributed by atoms with van der Waals surface area (Å²) in [5.41, 5.74) is 2.79. The van der Waals surface area contributed by atoms with E-state index in [1.54, 1.807) is 12.1 Å². The van der Waals surface area contributed by atoms with Crippen molar-refractivity contribution in [1.29, 1.82) is 0 Å². The van der Waals surface area contributed by atoms with Gasteiger partial charge in [-0.15, -0.1) is 0 Å². The van der Waals surface area contributed by atoms with E-state index in [1.165, 1.54) is 4.31 Å². The zero-order valence-electron chi connectivity index (χ0n) is 16.6. The molecule has 0 spiro atoms. The Labute approximate surface area is 171 Å². The Hall–Kier alpha value is -2.70. The predicted molar refractivity (Wildman–Crippen MR) is 115 cm³/mol. The Morgan fingerprint density at radius 1 is 1.00 bits per heavy atom. The van der Waals surface area contributed by atoms with Gasteiger partial charge in [0.15, 0.2) is 0 Å². The molecular formula is C23H24N2O3S. The minimum Gasteiger partial charge on any atom is -0.324 e. The first-order valence-corrected chi connectivity index (χ1v) is 11.2. The monoisotopic (exact) mass is 408 g/mol. The van der Waals surface area contributed by atoms with Crippen molar-refractivity contribution in [3.63, 3.8) is 0 Å². The molecule has 3 aromatic rings. The second-order valence-corrected chi connectivity index (χ2v) is 9.48. The number of aryl methyl sites for hydroxylation is 2. The second-order valence-electron chi connectivity index (χ2n) is 7.59. The fourth-order valence-corrected chi connectivity index (χ4v) is 5.62. The molecule has 1 heterocycles. The fourth-order valence-electron chi connectivity index (χ4n) is 3.92. The van der Waals surface area contributed by atoms with E-state index in [0.717, 1.165) is 27.6 Å². The Morgan fingerprint density at radius 2 is 1.76 bits per heavy atom. The molecule has 1 saturated heterocycles. The van der Waals surface area contributed by atoms with Gasteiger partial charge in [0.05, 0.1) is 4.90 Å². The molecule has 1 atom stereocenters. The lowest BCUT2D eigenvalue weighted by Crippen LogP contribution is -2.43. The number of carbonyl (C=O) groups excluding carboxylic acids is 1. The van der Waals surface area contributed by atoms with Gasteiger partial charge in [-0.05, 0) is 61.2 Å². The van der Waals surface area contributed by atoms with Crippen LogP contribution in [-0.4, -0.2) is 31.2 Å². The van der Waals surface area contributed by atoms with Crippen molar-refractivity contribution < 1.29 is 13.2 Å². The van der Waals surface area contributed by atoms with Gasteiger partial charge >= 0.3 is 0 Å².